The van der Waals surface area contributed by atoms with Crippen LogP contribution in [0.5, 0.6) is 0 Å². The van der Waals surface area contributed by atoms with Crippen molar-refractivity contribution >= 4 is 23.5 Å². The highest BCUT2D eigenvalue weighted by Gasteiger charge is 2.37. The van der Waals surface area contributed by atoms with Gasteiger partial charge in [0.05, 0.1) is 0 Å². The molecule has 0 radical (unpaired) electrons. The van der Waals surface area contributed by atoms with Crippen molar-refractivity contribution in [1.29, 1.82) is 0 Å². The molecule has 8 heteroatoms. The van der Waals surface area contributed by atoms with E-state index in [0.717, 1.165) is 0 Å². The van der Waals surface area contributed by atoms with Crippen molar-refractivity contribution in [1.82, 2.24) is 21.1 Å². The fourth-order valence-electron chi connectivity index (χ4n) is 3.80. The molecule has 2 aliphatic heterocycles. The number of carbonyl (C=O) groups is 3. The number of hydrazine groups is 1. The third kappa shape index (κ3) is 3.30. The molecular formula is C18H25N5O3. The molecule has 1 aromatic rings. The van der Waals surface area contributed by atoms with Gasteiger partial charge in [-0.05, 0) is 45.0 Å². The molecule has 2 saturated heterocycles. The van der Waals surface area contributed by atoms with Crippen LogP contribution in [0.3, 0.4) is 0 Å². The first kappa shape index (κ1) is 18.3. The molecule has 2 heterocycles. The van der Waals surface area contributed by atoms with Crippen molar-refractivity contribution in [3.8, 4) is 0 Å². The molecule has 3 unspecified atom stereocenters. The molecule has 140 valence electrons. The minimum Gasteiger partial charge on any atom is -0.339 e. The van der Waals surface area contributed by atoms with Gasteiger partial charge in [-0.3, -0.25) is 30.7 Å². The Bertz CT molecular complexity index is 710. The number of urea groups is 1. The van der Waals surface area contributed by atoms with Crippen molar-refractivity contribution in [3.05, 3.63) is 29.8 Å². The molecule has 26 heavy (non-hydrogen) atoms. The van der Waals surface area contributed by atoms with Gasteiger partial charge in [-0.25, -0.2) is 4.79 Å². The van der Waals surface area contributed by atoms with E-state index in [2.05, 4.69) is 36.9 Å². The van der Waals surface area contributed by atoms with Crippen LogP contribution in [-0.2, 0) is 4.79 Å². The third-order valence-electron chi connectivity index (χ3n) is 5.40. The van der Waals surface area contributed by atoms with E-state index in [-0.39, 0.29) is 36.5 Å². The van der Waals surface area contributed by atoms with Gasteiger partial charge < -0.3 is 4.90 Å². The van der Waals surface area contributed by atoms with E-state index in [4.69, 9.17) is 0 Å². The van der Waals surface area contributed by atoms with Crippen LogP contribution in [0, 0.1) is 5.92 Å². The largest absolute Gasteiger partial charge is 0.339 e. The number of anilines is 1. The van der Waals surface area contributed by atoms with Gasteiger partial charge in [0.1, 0.15) is 6.54 Å². The van der Waals surface area contributed by atoms with Crippen molar-refractivity contribution in [2.24, 2.45) is 5.92 Å². The lowest BCUT2D eigenvalue weighted by Crippen LogP contribution is -2.46. The molecule has 3 atom stereocenters. The Morgan fingerprint density at radius 2 is 1.73 bits per heavy atom. The molecule has 8 nitrogen and oxygen atoms in total. The number of imide groups is 1. The van der Waals surface area contributed by atoms with Gasteiger partial charge in [-0.2, -0.15) is 0 Å². The number of carbonyl (C=O) groups excluding carboxylic acids is 3. The SMILES string of the molecule is CC1NNC(C)C1C(C)N(C)C(=O)c1ccc(N2CC(=O)NC2=O)cc1. The van der Waals surface area contributed by atoms with Crippen molar-refractivity contribution in [2.45, 2.75) is 38.9 Å². The van der Waals surface area contributed by atoms with Crippen molar-refractivity contribution in [2.75, 3.05) is 18.5 Å². The predicted molar refractivity (Wildman–Crippen MR) is 97.6 cm³/mol. The smallest absolute Gasteiger partial charge is 0.329 e. The van der Waals surface area contributed by atoms with Gasteiger partial charge in [-0.15, -0.1) is 0 Å². The van der Waals surface area contributed by atoms with E-state index in [9.17, 15) is 14.4 Å². The normalized spacial score (nSPS) is 26.8. The average Bonchev–Trinajstić information content (AvgIpc) is 3.14. The average molecular weight is 359 g/mol. The number of nitrogens with one attached hydrogen (secondary N) is 3. The molecule has 0 saturated carbocycles. The summed E-state index contributed by atoms with van der Waals surface area (Å²) in [5, 5.41) is 2.24. The van der Waals surface area contributed by atoms with Crippen LogP contribution in [0.25, 0.3) is 0 Å². The molecule has 0 bridgehead atoms. The second-order valence-electron chi connectivity index (χ2n) is 7.09. The maximum absolute atomic E-state index is 12.8. The quantitative estimate of drug-likeness (QED) is 0.688. The molecule has 2 fully saturated rings. The summed E-state index contributed by atoms with van der Waals surface area (Å²) in [7, 11) is 1.81. The fourth-order valence-corrected chi connectivity index (χ4v) is 3.80. The predicted octanol–water partition coefficient (Wildman–Crippen LogP) is 0.704. The van der Waals surface area contributed by atoms with Gasteiger partial charge in [0, 0.05) is 42.3 Å². The Kier molecular flexibility index (Phi) is 4.97. The van der Waals surface area contributed by atoms with Gasteiger partial charge in [0.25, 0.3) is 5.91 Å². The van der Waals surface area contributed by atoms with E-state index in [1.54, 1.807) is 29.2 Å². The highest BCUT2D eigenvalue weighted by atomic mass is 16.2. The number of benzene rings is 1. The van der Waals surface area contributed by atoms with E-state index < -0.39 is 6.03 Å². The zero-order chi connectivity index (χ0) is 19.0. The topological polar surface area (TPSA) is 93.8 Å². The zero-order valence-electron chi connectivity index (χ0n) is 15.4. The van der Waals surface area contributed by atoms with Gasteiger partial charge in [-0.1, -0.05) is 0 Å². The number of nitrogens with zero attached hydrogens (tertiary/aromatic N) is 2. The minimum absolute atomic E-state index is 0.000516. The summed E-state index contributed by atoms with van der Waals surface area (Å²) in [4.78, 5) is 39.0. The first-order chi connectivity index (χ1) is 12.3. The first-order valence-electron chi connectivity index (χ1n) is 8.79. The summed E-state index contributed by atoms with van der Waals surface area (Å²) in [6, 6.07) is 6.90. The van der Waals surface area contributed by atoms with Gasteiger partial charge >= 0.3 is 6.03 Å². The van der Waals surface area contributed by atoms with E-state index in [1.165, 1.54) is 4.90 Å². The molecular weight excluding hydrogens is 334 g/mol. The summed E-state index contributed by atoms with van der Waals surface area (Å²) in [6.07, 6.45) is 0. The summed E-state index contributed by atoms with van der Waals surface area (Å²) in [5.41, 5.74) is 7.58. The standard InChI is InChI=1S/C18H25N5O3/c1-10-16(11(2)21-20-10)12(3)22(4)17(25)13-5-7-14(8-6-13)23-9-15(24)19-18(23)26/h5-8,10-12,16,20-21H,9H2,1-4H3,(H,19,24,26). The lowest BCUT2D eigenvalue weighted by molar-refractivity contribution is -0.117. The third-order valence-corrected chi connectivity index (χ3v) is 5.40. The van der Waals surface area contributed by atoms with Crippen molar-refractivity contribution in [3.63, 3.8) is 0 Å². The Labute approximate surface area is 152 Å². The Morgan fingerprint density at radius 3 is 2.23 bits per heavy atom. The Morgan fingerprint density at radius 1 is 1.15 bits per heavy atom. The monoisotopic (exact) mass is 359 g/mol. The maximum Gasteiger partial charge on any atom is 0.329 e. The fraction of sp³-hybridized carbons (Fsp3) is 0.500. The molecule has 1 aromatic carbocycles. The summed E-state index contributed by atoms with van der Waals surface area (Å²) < 4.78 is 0. The summed E-state index contributed by atoms with van der Waals surface area (Å²) in [6.45, 7) is 6.26. The minimum atomic E-state index is -0.441. The van der Waals surface area contributed by atoms with Crippen LogP contribution >= 0.6 is 0 Å². The molecule has 0 aromatic heterocycles. The van der Waals surface area contributed by atoms with E-state index in [1.807, 2.05) is 7.05 Å². The van der Waals surface area contributed by atoms with Crippen LogP contribution in [-0.4, -0.2) is 54.5 Å². The number of hydrogen-bond donors (Lipinski definition) is 3. The van der Waals surface area contributed by atoms with Gasteiger partial charge in [0.2, 0.25) is 5.91 Å². The van der Waals surface area contributed by atoms with Crippen LogP contribution < -0.4 is 21.1 Å². The van der Waals surface area contributed by atoms with E-state index in [0.29, 0.717) is 17.2 Å². The van der Waals surface area contributed by atoms with Gasteiger partial charge in [0.15, 0.2) is 0 Å². The highest BCUT2D eigenvalue weighted by Crippen LogP contribution is 2.24. The summed E-state index contributed by atoms with van der Waals surface area (Å²) >= 11 is 0. The van der Waals surface area contributed by atoms with Crippen LogP contribution in [0.2, 0.25) is 0 Å². The second-order valence-corrected chi connectivity index (χ2v) is 7.09. The van der Waals surface area contributed by atoms with E-state index >= 15 is 0 Å². The molecule has 3 rings (SSSR count). The molecule has 4 amide bonds. The zero-order valence-corrected chi connectivity index (χ0v) is 15.4. The highest BCUT2D eigenvalue weighted by molar-refractivity contribution is 6.12. The van der Waals surface area contributed by atoms with Crippen LogP contribution in [0.4, 0.5) is 10.5 Å². The molecule has 0 aliphatic carbocycles. The lowest BCUT2D eigenvalue weighted by Gasteiger charge is -2.33. The number of amides is 4. The number of hydrogen-bond acceptors (Lipinski definition) is 5. The molecule has 0 spiro atoms. The lowest BCUT2D eigenvalue weighted by atomic mass is 9.88. The number of rotatable bonds is 4. The summed E-state index contributed by atoms with van der Waals surface area (Å²) in [5.74, 6) is -0.106. The Hall–Kier alpha value is -2.45. The second kappa shape index (κ2) is 7.05. The first-order valence-corrected chi connectivity index (χ1v) is 8.79. The molecule has 3 N–H and O–H groups in total. The Balaban J connectivity index is 1.71. The van der Waals surface area contributed by atoms with Crippen LogP contribution in [0.1, 0.15) is 31.1 Å². The molecule has 2 aliphatic rings. The van der Waals surface area contributed by atoms with Crippen molar-refractivity contribution < 1.29 is 14.4 Å². The maximum atomic E-state index is 12.8. The van der Waals surface area contributed by atoms with Crippen LogP contribution in [0.15, 0.2) is 24.3 Å².